The van der Waals surface area contributed by atoms with Crippen LogP contribution in [0.25, 0.3) is 0 Å². The Balaban J connectivity index is 2.09. The Hall–Kier alpha value is -0.940. The van der Waals surface area contributed by atoms with E-state index in [0.717, 1.165) is 30.8 Å². The minimum absolute atomic E-state index is 0.0697. The van der Waals surface area contributed by atoms with Crippen molar-refractivity contribution in [2.24, 2.45) is 5.73 Å². The largest absolute Gasteiger partial charge is 0.334 e. The molecule has 1 aromatic heterocycles. The average molecular weight is 239 g/mol. The van der Waals surface area contributed by atoms with E-state index in [1.54, 1.807) is 0 Å². The molecule has 0 aliphatic heterocycles. The fraction of sp³-hybridized carbons (Fsp3) is 0.636. The van der Waals surface area contributed by atoms with Crippen LogP contribution in [0.5, 0.6) is 0 Å². The molecular formula is C11H17N3OS. The summed E-state index contributed by atoms with van der Waals surface area (Å²) >= 11 is 1.46. The number of thiazole rings is 1. The van der Waals surface area contributed by atoms with Crippen LogP contribution < -0.4 is 5.73 Å². The lowest BCUT2D eigenvalue weighted by molar-refractivity contribution is 0.0738. The van der Waals surface area contributed by atoms with E-state index < -0.39 is 0 Å². The lowest BCUT2D eigenvalue weighted by Gasteiger charge is -2.20. The lowest BCUT2D eigenvalue weighted by atomic mass is 10.3. The maximum atomic E-state index is 12.2. The molecule has 0 atom stereocenters. The van der Waals surface area contributed by atoms with Gasteiger partial charge in [-0.15, -0.1) is 11.3 Å². The van der Waals surface area contributed by atoms with E-state index in [1.807, 2.05) is 10.3 Å². The second-order valence-corrected chi connectivity index (χ2v) is 5.00. The number of nitrogens with two attached hydrogens (primary N) is 1. The Morgan fingerprint density at radius 1 is 1.69 bits per heavy atom. The molecule has 0 spiro atoms. The highest BCUT2D eigenvalue weighted by Crippen LogP contribution is 2.28. The van der Waals surface area contributed by atoms with Crippen molar-refractivity contribution in [3.8, 4) is 0 Å². The van der Waals surface area contributed by atoms with Gasteiger partial charge in [0.2, 0.25) is 0 Å². The quantitative estimate of drug-likeness (QED) is 0.849. The summed E-state index contributed by atoms with van der Waals surface area (Å²) in [6.07, 6.45) is 3.27. The van der Waals surface area contributed by atoms with Crippen LogP contribution in [0, 0.1) is 0 Å². The molecule has 4 nitrogen and oxygen atoms in total. The first-order valence-corrected chi connectivity index (χ1v) is 6.59. The maximum absolute atomic E-state index is 12.2. The fourth-order valence-corrected chi connectivity index (χ4v) is 2.38. The summed E-state index contributed by atoms with van der Waals surface area (Å²) < 4.78 is 0. The van der Waals surface area contributed by atoms with Crippen molar-refractivity contribution < 1.29 is 4.79 Å². The highest BCUT2D eigenvalue weighted by atomic mass is 32.1. The summed E-state index contributed by atoms with van der Waals surface area (Å²) in [6, 6.07) is 0.454. The molecule has 1 saturated carbocycles. The minimum Gasteiger partial charge on any atom is -0.334 e. The molecule has 0 unspecified atom stereocenters. The van der Waals surface area contributed by atoms with Gasteiger partial charge in [-0.05, 0) is 19.3 Å². The molecule has 0 bridgehead atoms. The maximum Gasteiger partial charge on any atom is 0.273 e. The predicted molar refractivity (Wildman–Crippen MR) is 64.4 cm³/mol. The van der Waals surface area contributed by atoms with Gasteiger partial charge >= 0.3 is 0 Å². The van der Waals surface area contributed by atoms with Crippen LogP contribution in [0.1, 0.15) is 41.7 Å². The van der Waals surface area contributed by atoms with Gasteiger partial charge in [-0.3, -0.25) is 4.79 Å². The highest BCUT2D eigenvalue weighted by Gasteiger charge is 2.33. The van der Waals surface area contributed by atoms with Crippen molar-refractivity contribution in [1.29, 1.82) is 0 Å². The number of hydrogen-bond donors (Lipinski definition) is 1. The van der Waals surface area contributed by atoms with Crippen molar-refractivity contribution >= 4 is 17.2 Å². The SMILES string of the molecule is CCCN(C(=O)c1csc(CN)n1)C1CC1. The van der Waals surface area contributed by atoms with Crippen molar-refractivity contribution in [2.45, 2.75) is 38.8 Å². The van der Waals surface area contributed by atoms with Gasteiger partial charge in [0.25, 0.3) is 5.91 Å². The van der Waals surface area contributed by atoms with Crippen LogP contribution in [0.2, 0.25) is 0 Å². The van der Waals surface area contributed by atoms with Gasteiger partial charge in [0.1, 0.15) is 10.7 Å². The summed E-state index contributed by atoms with van der Waals surface area (Å²) in [5.74, 6) is 0.0697. The zero-order valence-corrected chi connectivity index (χ0v) is 10.3. The number of aromatic nitrogens is 1. The average Bonchev–Trinajstić information content (AvgIpc) is 3.02. The molecule has 1 fully saturated rings. The van der Waals surface area contributed by atoms with Gasteiger partial charge in [-0.25, -0.2) is 4.98 Å². The summed E-state index contributed by atoms with van der Waals surface area (Å²) in [5.41, 5.74) is 6.05. The molecular weight excluding hydrogens is 222 g/mol. The Kier molecular flexibility index (Phi) is 3.56. The van der Waals surface area contributed by atoms with Crippen LogP contribution in [-0.4, -0.2) is 28.4 Å². The molecule has 16 heavy (non-hydrogen) atoms. The molecule has 5 heteroatoms. The van der Waals surface area contributed by atoms with E-state index in [0.29, 0.717) is 18.3 Å². The molecule has 1 aromatic rings. The Morgan fingerprint density at radius 2 is 2.44 bits per heavy atom. The van der Waals surface area contributed by atoms with E-state index in [2.05, 4.69) is 11.9 Å². The molecule has 2 rings (SSSR count). The van der Waals surface area contributed by atoms with E-state index in [-0.39, 0.29) is 5.91 Å². The number of rotatable bonds is 5. The van der Waals surface area contributed by atoms with Gasteiger partial charge < -0.3 is 10.6 Å². The standard InChI is InChI=1S/C11H17N3OS/c1-2-5-14(8-3-4-8)11(15)9-7-16-10(6-12)13-9/h7-8H,2-6,12H2,1H3. The number of carbonyl (C=O) groups excluding carboxylic acids is 1. The normalized spacial score (nSPS) is 15.1. The van der Waals surface area contributed by atoms with Crippen molar-refractivity contribution in [2.75, 3.05) is 6.54 Å². The fourth-order valence-electron chi connectivity index (χ4n) is 1.73. The summed E-state index contributed by atoms with van der Waals surface area (Å²) in [4.78, 5) is 18.4. The highest BCUT2D eigenvalue weighted by molar-refractivity contribution is 7.09. The first-order chi connectivity index (χ1) is 7.76. The topological polar surface area (TPSA) is 59.2 Å². The molecule has 1 aliphatic carbocycles. The van der Waals surface area contributed by atoms with Crippen molar-refractivity contribution in [3.63, 3.8) is 0 Å². The predicted octanol–water partition coefficient (Wildman–Crippen LogP) is 1.62. The van der Waals surface area contributed by atoms with E-state index in [9.17, 15) is 4.79 Å². The molecule has 1 heterocycles. The summed E-state index contributed by atoms with van der Waals surface area (Å²) in [7, 11) is 0. The number of hydrogen-bond acceptors (Lipinski definition) is 4. The molecule has 1 amide bonds. The van der Waals surface area contributed by atoms with Crippen molar-refractivity contribution in [1.82, 2.24) is 9.88 Å². The molecule has 0 saturated heterocycles. The lowest BCUT2D eigenvalue weighted by Crippen LogP contribution is -2.34. The van der Waals surface area contributed by atoms with E-state index in [4.69, 9.17) is 5.73 Å². The number of amides is 1. The molecule has 88 valence electrons. The third-order valence-electron chi connectivity index (χ3n) is 2.66. The van der Waals surface area contributed by atoms with Crippen LogP contribution in [0.4, 0.5) is 0 Å². The van der Waals surface area contributed by atoms with Crippen molar-refractivity contribution in [3.05, 3.63) is 16.1 Å². The van der Waals surface area contributed by atoms with E-state index in [1.165, 1.54) is 11.3 Å². The summed E-state index contributed by atoms with van der Waals surface area (Å²) in [6.45, 7) is 3.34. The van der Waals surface area contributed by atoms with Gasteiger partial charge in [0.15, 0.2) is 0 Å². The smallest absolute Gasteiger partial charge is 0.273 e. The first kappa shape index (κ1) is 11.5. The first-order valence-electron chi connectivity index (χ1n) is 5.71. The molecule has 2 N–H and O–H groups in total. The Morgan fingerprint density at radius 3 is 2.94 bits per heavy atom. The zero-order chi connectivity index (χ0) is 11.5. The van der Waals surface area contributed by atoms with Gasteiger partial charge in [-0.1, -0.05) is 6.92 Å². The third kappa shape index (κ3) is 2.41. The Bertz CT molecular complexity index is 373. The van der Waals surface area contributed by atoms with Crippen LogP contribution >= 0.6 is 11.3 Å². The van der Waals surface area contributed by atoms with Gasteiger partial charge in [0.05, 0.1) is 0 Å². The second-order valence-electron chi connectivity index (χ2n) is 4.06. The van der Waals surface area contributed by atoms with Gasteiger partial charge in [-0.2, -0.15) is 0 Å². The zero-order valence-electron chi connectivity index (χ0n) is 9.48. The van der Waals surface area contributed by atoms with Crippen LogP contribution in [0.15, 0.2) is 5.38 Å². The van der Waals surface area contributed by atoms with E-state index >= 15 is 0 Å². The Labute approximate surface area is 99.5 Å². The molecule has 0 aromatic carbocycles. The monoisotopic (exact) mass is 239 g/mol. The number of carbonyl (C=O) groups is 1. The molecule has 1 aliphatic rings. The second kappa shape index (κ2) is 4.93. The molecule has 0 radical (unpaired) electrons. The van der Waals surface area contributed by atoms with Crippen LogP contribution in [-0.2, 0) is 6.54 Å². The van der Waals surface area contributed by atoms with Gasteiger partial charge in [0, 0.05) is 24.5 Å². The number of nitrogens with zero attached hydrogens (tertiary/aromatic N) is 2. The summed E-state index contributed by atoms with van der Waals surface area (Å²) in [5, 5.41) is 2.64. The third-order valence-corrected chi connectivity index (χ3v) is 3.53. The minimum atomic E-state index is 0.0697. The van der Waals surface area contributed by atoms with Crippen LogP contribution in [0.3, 0.4) is 0 Å².